The Morgan fingerprint density at radius 1 is 1.22 bits per heavy atom. The Labute approximate surface area is 142 Å². The van der Waals surface area contributed by atoms with E-state index in [1.165, 1.54) is 4.90 Å². The minimum absolute atomic E-state index is 0.0175. The number of carbonyl (C=O) groups is 2. The molecule has 0 atom stereocenters. The van der Waals surface area contributed by atoms with E-state index in [0.717, 1.165) is 38.1 Å². The van der Waals surface area contributed by atoms with Crippen LogP contribution in [-0.2, 0) is 4.79 Å². The van der Waals surface area contributed by atoms with E-state index in [1.807, 2.05) is 23.1 Å². The topological polar surface area (TPSA) is 52.7 Å². The van der Waals surface area contributed by atoms with Gasteiger partial charge in [-0.05, 0) is 37.1 Å². The average Bonchev–Trinajstić information content (AvgIpc) is 3.11. The number of hydrogen-bond donors (Lipinski definition) is 1. The summed E-state index contributed by atoms with van der Waals surface area (Å²) in [6, 6.07) is 10.1. The number of nitrogens with one attached hydrogen (secondary N) is 1. The van der Waals surface area contributed by atoms with Crippen molar-refractivity contribution >= 4 is 23.7 Å². The van der Waals surface area contributed by atoms with Gasteiger partial charge in [0.25, 0.3) is 0 Å². The second-order valence-corrected chi connectivity index (χ2v) is 6.85. The van der Waals surface area contributed by atoms with E-state index < -0.39 is 0 Å². The van der Waals surface area contributed by atoms with Gasteiger partial charge in [0.2, 0.25) is 5.91 Å². The molecule has 1 saturated heterocycles. The van der Waals surface area contributed by atoms with Crippen molar-refractivity contribution in [3.05, 3.63) is 30.3 Å². The van der Waals surface area contributed by atoms with Crippen molar-refractivity contribution in [3.8, 4) is 0 Å². The fraction of sp³-hybridized carbons (Fsp3) is 0.529. The molecule has 6 heteroatoms. The maximum absolute atomic E-state index is 12.0. The van der Waals surface area contributed by atoms with Gasteiger partial charge in [0, 0.05) is 31.6 Å². The first-order valence-electron chi connectivity index (χ1n) is 8.11. The second-order valence-electron chi connectivity index (χ2n) is 5.68. The maximum atomic E-state index is 12.0. The number of amides is 3. The van der Waals surface area contributed by atoms with E-state index in [9.17, 15) is 9.59 Å². The second kappa shape index (κ2) is 9.45. The highest BCUT2D eigenvalue weighted by molar-refractivity contribution is 7.99. The average molecular weight is 335 g/mol. The van der Waals surface area contributed by atoms with Gasteiger partial charge in [0.1, 0.15) is 0 Å². The molecular formula is C17H25N3O2S. The fourth-order valence-electron chi connectivity index (χ4n) is 2.47. The molecular weight excluding hydrogens is 310 g/mol. The van der Waals surface area contributed by atoms with E-state index in [1.54, 1.807) is 23.7 Å². The van der Waals surface area contributed by atoms with Gasteiger partial charge in [-0.15, -0.1) is 11.8 Å². The molecule has 1 fully saturated rings. The molecule has 0 radical (unpaired) electrons. The molecule has 126 valence electrons. The third-order valence-corrected chi connectivity index (χ3v) is 4.94. The predicted molar refractivity (Wildman–Crippen MR) is 93.6 cm³/mol. The summed E-state index contributed by atoms with van der Waals surface area (Å²) in [6.07, 6.45) is 3.06. The number of hydrogen-bond acceptors (Lipinski definition) is 3. The molecule has 3 amide bonds. The van der Waals surface area contributed by atoms with Gasteiger partial charge in [0.15, 0.2) is 0 Å². The standard InChI is InChI=1S/C17H25N3O2S/c1-19(10-7-13-23-15-8-3-2-4-9-15)17(22)18-14-16(21)20-11-5-6-12-20/h2-4,8-9H,5-7,10-14H2,1H3,(H,18,22). The quantitative estimate of drug-likeness (QED) is 0.615. The Bertz CT molecular complexity index is 504. The Morgan fingerprint density at radius 2 is 1.91 bits per heavy atom. The third kappa shape index (κ3) is 6.14. The minimum atomic E-state index is -0.178. The lowest BCUT2D eigenvalue weighted by atomic mass is 10.4. The van der Waals surface area contributed by atoms with Crippen molar-refractivity contribution in [2.75, 3.05) is 39.0 Å². The van der Waals surface area contributed by atoms with Gasteiger partial charge in [0.05, 0.1) is 6.54 Å². The zero-order chi connectivity index (χ0) is 16.5. The van der Waals surface area contributed by atoms with Crippen LogP contribution in [0.15, 0.2) is 35.2 Å². The van der Waals surface area contributed by atoms with Gasteiger partial charge < -0.3 is 15.1 Å². The summed E-state index contributed by atoms with van der Waals surface area (Å²) in [5, 5.41) is 2.71. The number of nitrogens with zero attached hydrogens (tertiary/aromatic N) is 2. The lowest BCUT2D eigenvalue weighted by Crippen LogP contribution is -2.44. The molecule has 1 heterocycles. The zero-order valence-electron chi connectivity index (χ0n) is 13.7. The molecule has 1 aromatic rings. The highest BCUT2D eigenvalue weighted by atomic mass is 32.2. The minimum Gasteiger partial charge on any atom is -0.341 e. The molecule has 23 heavy (non-hydrogen) atoms. The van der Waals surface area contributed by atoms with Gasteiger partial charge in [-0.2, -0.15) is 0 Å². The first-order valence-corrected chi connectivity index (χ1v) is 9.10. The SMILES string of the molecule is CN(CCCSc1ccccc1)C(=O)NCC(=O)N1CCCC1. The maximum Gasteiger partial charge on any atom is 0.317 e. The molecule has 1 aromatic carbocycles. The van der Waals surface area contributed by atoms with E-state index in [0.29, 0.717) is 6.54 Å². The van der Waals surface area contributed by atoms with E-state index in [2.05, 4.69) is 17.4 Å². The van der Waals surface area contributed by atoms with E-state index in [4.69, 9.17) is 0 Å². The van der Waals surface area contributed by atoms with Crippen LogP contribution in [0.2, 0.25) is 0 Å². The van der Waals surface area contributed by atoms with Crippen molar-refractivity contribution < 1.29 is 9.59 Å². The summed E-state index contributed by atoms with van der Waals surface area (Å²) in [5.74, 6) is 0.984. The lowest BCUT2D eigenvalue weighted by Gasteiger charge is -2.19. The fourth-order valence-corrected chi connectivity index (χ4v) is 3.33. The predicted octanol–water partition coefficient (Wildman–Crippen LogP) is 2.43. The highest BCUT2D eigenvalue weighted by Gasteiger charge is 2.18. The normalized spacial score (nSPS) is 13.9. The highest BCUT2D eigenvalue weighted by Crippen LogP contribution is 2.17. The van der Waals surface area contributed by atoms with Crippen molar-refractivity contribution in [2.24, 2.45) is 0 Å². The summed E-state index contributed by atoms with van der Waals surface area (Å²) in [4.78, 5) is 28.5. The van der Waals surface area contributed by atoms with Gasteiger partial charge in [-0.3, -0.25) is 4.79 Å². The Hall–Kier alpha value is -1.69. The first-order chi connectivity index (χ1) is 11.2. The third-order valence-electron chi connectivity index (χ3n) is 3.85. The van der Waals surface area contributed by atoms with Crippen molar-refractivity contribution in [1.82, 2.24) is 15.1 Å². The number of rotatable bonds is 7. The summed E-state index contributed by atoms with van der Waals surface area (Å²) in [6.45, 7) is 2.42. The summed E-state index contributed by atoms with van der Waals surface area (Å²) in [5.41, 5.74) is 0. The number of likely N-dealkylation sites (tertiary alicyclic amines) is 1. The molecule has 0 bridgehead atoms. The number of benzene rings is 1. The van der Waals surface area contributed by atoms with Crippen molar-refractivity contribution in [3.63, 3.8) is 0 Å². The first kappa shape index (κ1) is 17.7. The molecule has 0 unspecified atom stereocenters. The summed E-state index contributed by atoms with van der Waals surface area (Å²) in [7, 11) is 1.77. The van der Waals surface area contributed by atoms with Gasteiger partial charge in [-0.25, -0.2) is 4.79 Å². The van der Waals surface area contributed by atoms with Crippen LogP contribution in [0.3, 0.4) is 0 Å². The van der Waals surface area contributed by atoms with Crippen LogP contribution in [0.25, 0.3) is 0 Å². The van der Waals surface area contributed by atoms with Crippen LogP contribution in [0, 0.1) is 0 Å². The Kier molecular flexibility index (Phi) is 7.26. The molecule has 1 aliphatic heterocycles. The summed E-state index contributed by atoms with van der Waals surface area (Å²) >= 11 is 1.79. The van der Waals surface area contributed by atoms with Crippen LogP contribution < -0.4 is 5.32 Å². The molecule has 2 rings (SSSR count). The van der Waals surface area contributed by atoms with Crippen molar-refractivity contribution in [1.29, 1.82) is 0 Å². The molecule has 1 N–H and O–H groups in total. The smallest absolute Gasteiger partial charge is 0.317 e. The van der Waals surface area contributed by atoms with E-state index in [-0.39, 0.29) is 18.5 Å². The molecule has 0 saturated carbocycles. The van der Waals surface area contributed by atoms with Crippen LogP contribution in [0.1, 0.15) is 19.3 Å². The molecule has 0 aromatic heterocycles. The Morgan fingerprint density at radius 3 is 2.61 bits per heavy atom. The van der Waals surface area contributed by atoms with Crippen LogP contribution in [0.4, 0.5) is 4.79 Å². The molecule has 0 spiro atoms. The van der Waals surface area contributed by atoms with Crippen molar-refractivity contribution in [2.45, 2.75) is 24.2 Å². The molecule has 1 aliphatic rings. The number of urea groups is 1. The van der Waals surface area contributed by atoms with E-state index >= 15 is 0 Å². The largest absolute Gasteiger partial charge is 0.341 e. The summed E-state index contributed by atoms with van der Waals surface area (Å²) < 4.78 is 0. The molecule has 0 aliphatic carbocycles. The van der Waals surface area contributed by atoms with Crippen LogP contribution in [0.5, 0.6) is 0 Å². The lowest BCUT2D eigenvalue weighted by molar-refractivity contribution is -0.129. The van der Waals surface area contributed by atoms with Gasteiger partial charge >= 0.3 is 6.03 Å². The number of thioether (sulfide) groups is 1. The van der Waals surface area contributed by atoms with Gasteiger partial charge in [-0.1, -0.05) is 18.2 Å². The van der Waals surface area contributed by atoms with Crippen LogP contribution in [-0.4, -0.2) is 60.7 Å². The Balaban J connectivity index is 1.58. The van der Waals surface area contributed by atoms with Crippen LogP contribution >= 0.6 is 11.8 Å². The number of carbonyl (C=O) groups excluding carboxylic acids is 2. The zero-order valence-corrected chi connectivity index (χ0v) is 14.5. The monoisotopic (exact) mass is 335 g/mol. The molecule has 5 nitrogen and oxygen atoms in total.